The number of likely N-dealkylation sites (N-methyl/N-ethyl adjacent to an activating group) is 1. The maximum atomic E-state index is 5.57. The zero-order chi connectivity index (χ0) is 13.0. The Morgan fingerprint density at radius 3 is 2.61 bits per heavy atom. The summed E-state index contributed by atoms with van der Waals surface area (Å²) in [6.45, 7) is 8.84. The van der Waals surface area contributed by atoms with Gasteiger partial charge in [-0.15, -0.1) is 0 Å². The smallest absolute Gasteiger partial charge is 0.132 e. The molecule has 0 aromatic carbocycles. The molecule has 0 saturated carbocycles. The van der Waals surface area contributed by atoms with E-state index in [1.807, 2.05) is 19.9 Å². The third kappa shape index (κ3) is 3.65. The molecule has 2 rings (SSSR count). The minimum atomic E-state index is 0.229. The average Bonchev–Trinajstić information content (AvgIpc) is 2.37. The van der Waals surface area contributed by atoms with Gasteiger partial charge in [0.05, 0.1) is 18.4 Å². The van der Waals surface area contributed by atoms with Crippen LogP contribution in [0, 0.1) is 0 Å². The number of anilines is 1. The second-order valence-electron chi connectivity index (χ2n) is 5.02. The Balaban J connectivity index is 1.98. The third-order valence-electron chi connectivity index (χ3n) is 3.10. The molecule has 1 aliphatic heterocycles. The molecule has 0 spiro atoms. The Labute approximate surface area is 109 Å². The van der Waals surface area contributed by atoms with Crippen molar-refractivity contribution in [2.75, 3.05) is 38.1 Å². The van der Waals surface area contributed by atoms with Crippen molar-refractivity contribution >= 4 is 5.82 Å². The van der Waals surface area contributed by atoms with Gasteiger partial charge in [0.15, 0.2) is 0 Å². The summed E-state index contributed by atoms with van der Waals surface area (Å²) >= 11 is 0. The van der Waals surface area contributed by atoms with Crippen LogP contribution >= 0.6 is 0 Å². The highest BCUT2D eigenvalue weighted by molar-refractivity contribution is 5.39. The fourth-order valence-corrected chi connectivity index (χ4v) is 1.93. The van der Waals surface area contributed by atoms with E-state index in [9.17, 15) is 0 Å². The number of hydrogen-bond acceptors (Lipinski definition) is 5. The van der Waals surface area contributed by atoms with Crippen molar-refractivity contribution in [3.8, 4) is 0 Å². The van der Waals surface area contributed by atoms with Gasteiger partial charge in [0.2, 0.25) is 0 Å². The van der Waals surface area contributed by atoms with E-state index in [0.29, 0.717) is 6.61 Å². The van der Waals surface area contributed by atoms with Gasteiger partial charge in [-0.25, -0.2) is 9.97 Å². The van der Waals surface area contributed by atoms with Crippen molar-refractivity contribution in [2.24, 2.45) is 0 Å². The van der Waals surface area contributed by atoms with E-state index in [2.05, 4.69) is 26.8 Å². The Morgan fingerprint density at radius 1 is 1.22 bits per heavy atom. The molecule has 1 aromatic rings. The van der Waals surface area contributed by atoms with E-state index in [-0.39, 0.29) is 6.10 Å². The molecule has 0 unspecified atom stereocenters. The molecule has 2 heterocycles. The summed E-state index contributed by atoms with van der Waals surface area (Å²) in [7, 11) is 2.15. The lowest BCUT2D eigenvalue weighted by Gasteiger charge is -2.33. The number of ether oxygens (including phenoxy) is 1. The molecule has 0 aliphatic carbocycles. The summed E-state index contributed by atoms with van der Waals surface area (Å²) in [4.78, 5) is 13.2. The molecule has 1 aromatic heterocycles. The van der Waals surface area contributed by atoms with Gasteiger partial charge in [-0.1, -0.05) is 0 Å². The first kappa shape index (κ1) is 13.2. The molecule has 1 saturated heterocycles. The van der Waals surface area contributed by atoms with Crippen LogP contribution < -0.4 is 4.90 Å². The van der Waals surface area contributed by atoms with Crippen LogP contribution in [0.5, 0.6) is 0 Å². The van der Waals surface area contributed by atoms with Crippen LogP contribution in [0.4, 0.5) is 5.82 Å². The Bertz CT molecular complexity index is 375. The third-order valence-corrected chi connectivity index (χ3v) is 3.10. The van der Waals surface area contributed by atoms with E-state index in [1.54, 1.807) is 6.33 Å². The lowest BCUT2D eigenvalue weighted by Crippen LogP contribution is -2.44. The van der Waals surface area contributed by atoms with Crippen LogP contribution in [0.2, 0.25) is 0 Å². The minimum Gasteiger partial charge on any atom is -0.373 e. The molecule has 0 radical (unpaired) electrons. The molecule has 18 heavy (non-hydrogen) atoms. The van der Waals surface area contributed by atoms with Crippen molar-refractivity contribution in [3.05, 3.63) is 18.1 Å². The summed E-state index contributed by atoms with van der Waals surface area (Å²) in [5, 5.41) is 0. The molecule has 5 nitrogen and oxygen atoms in total. The van der Waals surface area contributed by atoms with E-state index in [1.165, 1.54) is 0 Å². The predicted octanol–water partition coefficient (Wildman–Crippen LogP) is 1.15. The van der Waals surface area contributed by atoms with Gasteiger partial charge in [0.25, 0.3) is 0 Å². The van der Waals surface area contributed by atoms with Gasteiger partial charge in [-0.2, -0.15) is 0 Å². The zero-order valence-electron chi connectivity index (χ0n) is 11.5. The lowest BCUT2D eigenvalue weighted by atomic mass is 10.3. The normalized spacial score (nSPS) is 17.4. The van der Waals surface area contributed by atoms with Gasteiger partial charge in [-0.05, 0) is 20.9 Å². The van der Waals surface area contributed by atoms with Crippen molar-refractivity contribution in [1.29, 1.82) is 0 Å². The summed E-state index contributed by atoms with van der Waals surface area (Å²) in [5.41, 5.74) is 0.952. The Hall–Kier alpha value is -1.20. The van der Waals surface area contributed by atoms with E-state index in [0.717, 1.165) is 37.7 Å². The molecule has 0 bridgehead atoms. The van der Waals surface area contributed by atoms with Crippen LogP contribution in [0.3, 0.4) is 0 Å². The molecule has 0 N–H and O–H groups in total. The van der Waals surface area contributed by atoms with E-state index >= 15 is 0 Å². The predicted molar refractivity (Wildman–Crippen MR) is 71.7 cm³/mol. The summed E-state index contributed by atoms with van der Waals surface area (Å²) < 4.78 is 5.57. The highest BCUT2D eigenvalue weighted by atomic mass is 16.5. The summed E-state index contributed by atoms with van der Waals surface area (Å²) in [5.74, 6) is 1.01. The number of rotatable bonds is 4. The molecular formula is C13H22N4O. The van der Waals surface area contributed by atoms with Crippen molar-refractivity contribution in [2.45, 2.75) is 26.6 Å². The first-order valence-electron chi connectivity index (χ1n) is 6.51. The molecule has 1 aliphatic rings. The second-order valence-corrected chi connectivity index (χ2v) is 5.02. The molecule has 0 atom stereocenters. The van der Waals surface area contributed by atoms with Crippen molar-refractivity contribution in [1.82, 2.24) is 14.9 Å². The van der Waals surface area contributed by atoms with Crippen molar-refractivity contribution in [3.63, 3.8) is 0 Å². The number of hydrogen-bond donors (Lipinski definition) is 0. The van der Waals surface area contributed by atoms with Crippen LogP contribution in [0.15, 0.2) is 12.4 Å². The summed E-state index contributed by atoms with van der Waals surface area (Å²) in [6, 6.07) is 2.04. The van der Waals surface area contributed by atoms with Gasteiger partial charge in [0.1, 0.15) is 12.1 Å². The van der Waals surface area contributed by atoms with E-state index in [4.69, 9.17) is 4.74 Å². The fourth-order valence-electron chi connectivity index (χ4n) is 1.93. The largest absolute Gasteiger partial charge is 0.373 e. The zero-order valence-corrected chi connectivity index (χ0v) is 11.5. The topological polar surface area (TPSA) is 41.5 Å². The lowest BCUT2D eigenvalue weighted by molar-refractivity contribution is 0.0635. The number of aromatic nitrogens is 2. The van der Waals surface area contributed by atoms with Gasteiger partial charge in [0, 0.05) is 32.2 Å². The first-order chi connectivity index (χ1) is 8.65. The van der Waals surface area contributed by atoms with Crippen LogP contribution in [-0.2, 0) is 11.3 Å². The number of nitrogens with zero attached hydrogens (tertiary/aromatic N) is 4. The fraction of sp³-hybridized carbons (Fsp3) is 0.692. The second kappa shape index (κ2) is 6.11. The average molecular weight is 250 g/mol. The highest BCUT2D eigenvalue weighted by Gasteiger charge is 2.15. The van der Waals surface area contributed by atoms with Gasteiger partial charge < -0.3 is 14.5 Å². The quantitative estimate of drug-likeness (QED) is 0.802. The van der Waals surface area contributed by atoms with E-state index < -0.39 is 0 Å². The highest BCUT2D eigenvalue weighted by Crippen LogP contribution is 2.14. The van der Waals surface area contributed by atoms with Crippen molar-refractivity contribution < 1.29 is 4.74 Å². The number of piperazine rings is 1. The summed E-state index contributed by atoms with van der Waals surface area (Å²) in [6.07, 6.45) is 1.86. The maximum Gasteiger partial charge on any atom is 0.132 e. The Kier molecular flexibility index (Phi) is 4.49. The maximum absolute atomic E-state index is 5.57. The Morgan fingerprint density at radius 2 is 1.94 bits per heavy atom. The van der Waals surface area contributed by atoms with Crippen LogP contribution in [-0.4, -0.2) is 54.2 Å². The molecule has 1 fully saturated rings. The monoisotopic (exact) mass is 250 g/mol. The molecule has 100 valence electrons. The first-order valence-corrected chi connectivity index (χ1v) is 6.51. The van der Waals surface area contributed by atoms with Crippen LogP contribution in [0.25, 0.3) is 0 Å². The van der Waals surface area contributed by atoms with Gasteiger partial charge in [-0.3, -0.25) is 0 Å². The van der Waals surface area contributed by atoms with Gasteiger partial charge >= 0.3 is 0 Å². The molecule has 5 heteroatoms. The van der Waals surface area contributed by atoms with Crippen LogP contribution in [0.1, 0.15) is 19.5 Å². The SMILES string of the molecule is CC(C)OCc1cc(N2CCN(C)CC2)ncn1. The molecule has 0 amide bonds. The minimum absolute atomic E-state index is 0.229. The molecular weight excluding hydrogens is 228 g/mol. The standard InChI is InChI=1S/C13H22N4O/c1-11(2)18-9-12-8-13(15-10-14-12)17-6-4-16(3)5-7-17/h8,10-11H,4-7,9H2,1-3H3.